The Bertz CT molecular complexity index is 621. The van der Waals surface area contributed by atoms with Crippen molar-refractivity contribution in [1.82, 2.24) is 14.8 Å². The van der Waals surface area contributed by atoms with Gasteiger partial charge in [-0.3, -0.25) is 9.69 Å². The lowest BCUT2D eigenvalue weighted by Crippen LogP contribution is -2.36. The Balaban J connectivity index is 2.12. The van der Waals surface area contributed by atoms with Gasteiger partial charge < -0.3 is 15.1 Å². The molecule has 0 aliphatic heterocycles. The molecule has 2 aromatic rings. The predicted molar refractivity (Wildman–Crippen MR) is 82.7 cm³/mol. The van der Waals surface area contributed by atoms with Crippen LogP contribution in [-0.4, -0.2) is 47.9 Å². The van der Waals surface area contributed by atoms with Gasteiger partial charge in [-0.1, -0.05) is 6.92 Å². The molecular weight excluding hydrogens is 268 g/mol. The van der Waals surface area contributed by atoms with Crippen LogP contribution in [0.15, 0.2) is 22.6 Å². The van der Waals surface area contributed by atoms with Gasteiger partial charge in [0.15, 0.2) is 5.58 Å². The van der Waals surface area contributed by atoms with Gasteiger partial charge in [0.25, 0.3) is 0 Å². The Labute approximate surface area is 124 Å². The summed E-state index contributed by atoms with van der Waals surface area (Å²) >= 11 is 0. The van der Waals surface area contributed by atoms with Gasteiger partial charge in [-0.2, -0.15) is 0 Å². The molecule has 1 aromatic heterocycles. The first kappa shape index (κ1) is 15.3. The Morgan fingerprint density at radius 3 is 2.81 bits per heavy atom. The topological polar surface area (TPSA) is 75.6 Å². The monoisotopic (exact) mass is 290 g/mol. The van der Waals surface area contributed by atoms with Crippen molar-refractivity contribution in [2.45, 2.75) is 19.9 Å². The molecule has 0 radical (unpaired) electrons. The number of amides is 1. The zero-order valence-corrected chi connectivity index (χ0v) is 12.8. The fraction of sp³-hybridized carbons (Fsp3) is 0.467. The SMILES string of the molecule is CCCN(CC(=O)N(C)C)Cc1nc2cc(N)ccc2o1. The van der Waals surface area contributed by atoms with E-state index in [1.165, 1.54) is 0 Å². The first-order chi connectivity index (χ1) is 9.99. The summed E-state index contributed by atoms with van der Waals surface area (Å²) in [6, 6.07) is 5.39. The third-order valence-corrected chi connectivity index (χ3v) is 3.21. The summed E-state index contributed by atoms with van der Waals surface area (Å²) in [5.74, 6) is 0.680. The number of anilines is 1. The Morgan fingerprint density at radius 2 is 2.14 bits per heavy atom. The fourth-order valence-corrected chi connectivity index (χ4v) is 2.11. The largest absolute Gasteiger partial charge is 0.439 e. The van der Waals surface area contributed by atoms with Crippen LogP contribution in [0, 0.1) is 0 Å². The number of likely N-dealkylation sites (N-methyl/N-ethyl adjacent to an activating group) is 1. The number of rotatable bonds is 6. The van der Waals surface area contributed by atoms with Crippen molar-refractivity contribution in [2.75, 3.05) is 32.9 Å². The first-order valence-electron chi connectivity index (χ1n) is 7.07. The molecule has 0 fully saturated rings. The van der Waals surface area contributed by atoms with E-state index >= 15 is 0 Å². The molecular formula is C15H22N4O2. The van der Waals surface area contributed by atoms with Crippen molar-refractivity contribution >= 4 is 22.7 Å². The highest BCUT2D eigenvalue weighted by molar-refractivity contribution is 5.78. The Hall–Kier alpha value is -2.08. The van der Waals surface area contributed by atoms with Gasteiger partial charge in [0.2, 0.25) is 11.8 Å². The summed E-state index contributed by atoms with van der Waals surface area (Å²) in [6.07, 6.45) is 0.966. The zero-order chi connectivity index (χ0) is 15.4. The van der Waals surface area contributed by atoms with Crippen molar-refractivity contribution in [3.63, 3.8) is 0 Å². The quantitative estimate of drug-likeness (QED) is 0.820. The van der Waals surface area contributed by atoms with E-state index in [-0.39, 0.29) is 5.91 Å². The maximum absolute atomic E-state index is 11.9. The second kappa shape index (κ2) is 6.58. The molecule has 6 nitrogen and oxygen atoms in total. The lowest BCUT2D eigenvalue weighted by atomic mass is 10.3. The lowest BCUT2D eigenvalue weighted by molar-refractivity contribution is -0.130. The van der Waals surface area contributed by atoms with E-state index in [1.54, 1.807) is 31.1 Å². The molecule has 0 unspecified atom stereocenters. The molecule has 2 N–H and O–H groups in total. The minimum Gasteiger partial charge on any atom is -0.439 e. The summed E-state index contributed by atoms with van der Waals surface area (Å²) in [6.45, 7) is 3.78. The van der Waals surface area contributed by atoms with Crippen LogP contribution in [0.5, 0.6) is 0 Å². The number of nitrogens with zero attached hydrogens (tertiary/aromatic N) is 3. The van der Waals surface area contributed by atoms with Crippen LogP contribution in [0.2, 0.25) is 0 Å². The van der Waals surface area contributed by atoms with E-state index in [1.807, 2.05) is 11.0 Å². The van der Waals surface area contributed by atoms with Gasteiger partial charge in [0.05, 0.1) is 13.1 Å². The molecule has 0 aliphatic carbocycles. The maximum atomic E-state index is 11.9. The molecule has 114 valence electrons. The van der Waals surface area contributed by atoms with E-state index in [0.717, 1.165) is 24.1 Å². The number of benzene rings is 1. The lowest BCUT2D eigenvalue weighted by Gasteiger charge is -2.21. The average molecular weight is 290 g/mol. The van der Waals surface area contributed by atoms with E-state index in [4.69, 9.17) is 10.2 Å². The number of carbonyl (C=O) groups is 1. The first-order valence-corrected chi connectivity index (χ1v) is 7.07. The van der Waals surface area contributed by atoms with Gasteiger partial charge in [0.1, 0.15) is 5.52 Å². The molecule has 2 rings (SSSR count). The fourth-order valence-electron chi connectivity index (χ4n) is 2.11. The van der Waals surface area contributed by atoms with Crippen LogP contribution in [0.3, 0.4) is 0 Å². The molecule has 0 spiro atoms. The number of hydrogen-bond donors (Lipinski definition) is 1. The van der Waals surface area contributed by atoms with Crippen LogP contribution in [0.1, 0.15) is 19.2 Å². The van der Waals surface area contributed by atoms with Crippen LogP contribution in [0.4, 0.5) is 5.69 Å². The Morgan fingerprint density at radius 1 is 1.38 bits per heavy atom. The average Bonchev–Trinajstić information content (AvgIpc) is 2.80. The molecule has 1 aromatic carbocycles. The number of nitrogens with two attached hydrogens (primary N) is 1. The minimum absolute atomic E-state index is 0.0730. The number of oxazole rings is 1. The molecule has 6 heteroatoms. The van der Waals surface area contributed by atoms with E-state index < -0.39 is 0 Å². The van der Waals surface area contributed by atoms with Crippen LogP contribution in [0.25, 0.3) is 11.1 Å². The highest BCUT2D eigenvalue weighted by Crippen LogP contribution is 2.19. The van der Waals surface area contributed by atoms with E-state index in [2.05, 4.69) is 11.9 Å². The van der Waals surface area contributed by atoms with Gasteiger partial charge >= 0.3 is 0 Å². The molecule has 1 heterocycles. The van der Waals surface area contributed by atoms with Crippen molar-refractivity contribution < 1.29 is 9.21 Å². The smallest absolute Gasteiger partial charge is 0.236 e. The number of carbonyl (C=O) groups excluding carboxylic acids is 1. The number of aromatic nitrogens is 1. The molecule has 1 amide bonds. The zero-order valence-electron chi connectivity index (χ0n) is 12.8. The molecule has 0 saturated carbocycles. The van der Waals surface area contributed by atoms with Crippen LogP contribution >= 0.6 is 0 Å². The summed E-state index contributed by atoms with van der Waals surface area (Å²) in [5.41, 5.74) is 7.87. The van der Waals surface area contributed by atoms with Crippen molar-refractivity contribution in [3.05, 3.63) is 24.1 Å². The van der Waals surface area contributed by atoms with E-state index in [0.29, 0.717) is 24.7 Å². The van der Waals surface area contributed by atoms with Crippen molar-refractivity contribution in [2.24, 2.45) is 0 Å². The maximum Gasteiger partial charge on any atom is 0.236 e. The molecule has 21 heavy (non-hydrogen) atoms. The van der Waals surface area contributed by atoms with Gasteiger partial charge in [-0.05, 0) is 31.2 Å². The molecule has 0 atom stereocenters. The van der Waals surface area contributed by atoms with Crippen molar-refractivity contribution in [3.8, 4) is 0 Å². The summed E-state index contributed by atoms with van der Waals surface area (Å²) in [5, 5.41) is 0. The number of nitrogen functional groups attached to an aromatic ring is 1. The summed E-state index contributed by atoms with van der Waals surface area (Å²) < 4.78 is 5.71. The summed E-state index contributed by atoms with van der Waals surface area (Å²) in [4.78, 5) is 19.9. The van der Waals surface area contributed by atoms with Crippen molar-refractivity contribution in [1.29, 1.82) is 0 Å². The van der Waals surface area contributed by atoms with Crippen LogP contribution < -0.4 is 5.73 Å². The number of hydrogen-bond acceptors (Lipinski definition) is 5. The van der Waals surface area contributed by atoms with Gasteiger partial charge in [0, 0.05) is 19.8 Å². The highest BCUT2D eigenvalue weighted by atomic mass is 16.3. The molecule has 0 aliphatic rings. The minimum atomic E-state index is 0.0730. The Kier molecular flexibility index (Phi) is 4.80. The van der Waals surface area contributed by atoms with Crippen LogP contribution in [-0.2, 0) is 11.3 Å². The molecule has 0 bridgehead atoms. The second-order valence-corrected chi connectivity index (χ2v) is 5.33. The second-order valence-electron chi connectivity index (χ2n) is 5.33. The van der Waals surface area contributed by atoms with Gasteiger partial charge in [-0.25, -0.2) is 4.98 Å². The normalized spacial score (nSPS) is 11.2. The van der Waals surface area contributed by atoms with Gasteiger partial charge in [-0.15, -0.1) is 0 Å². The van der Waals surface area contributed by atoms with E-state index in [9.17, 15) is 4.79 Å². The highest BCUT2D eigenvalue weighted by Gasteiger charge is 2.15. The number of fused-ring (bicyclic) bond motifs is 1. The summed E-state index contributed by atoms with van der Waals surface area (Å²) in [7, 11) is 3.52. The molecule has 0 saturated heterocycles. The standard InChI is InChI=1S/C15H22N4O2/c1-4-7-19(10-15(20)18(2)3)9-14-17-12-8-11(16)5-6-13(12)21-14/h5-6,8H,4,7,9-10,16H2,1-3H3. The third-order valence-electron chi connectivity index (χ3n) is 3.21. The third kappa shape index (κ3) is 3.95. The predicted octanol–water partition coefficient (Wildman–Crippen LogP) is 1.71.